The number of fused-ring (bicyclic) bond motifs is 7. The lowest BCUT2D eigenvalue weighted by Crippen LogP contribution is -2.24. The second-order valence-electron chi connectivity index (χ2n) is 14.4. The molecular weight excluding hydrogens is 643 g/mol. The van der Waals surface area contributed by atoms with E-state index in [2.05, 4.69) is 132 Å². The molecule has 0 spiro atoms. The Hall–Kier alpha value is -6.60. The maximum absolute atomic E-state index is 6.63. The molecule has 7 nitrogen and oxygen atoms in total. The maximum atomic E-state index is 6.63. The lowest BCUT2D eigenvalue weighted by Gasteiger charge is -2.22. The van der Waals surface area contributed by atoms with E-state index < -0.39 is 0 Å². The summed E-state index contributed by atoms with van der Waals surface area (Å²) in [5.74, 6) is 3.26. The van der Waals surface area contributed by atoms with Crippen LogP contribution in [0.2, 0.25) is 0 Å². The van der Waals surface area contributed by atoms with Crippen molar-refractivity contribution in [3.63, 3.8) is 0 Å². The number of rotatable bonds is 5. The zero-order valence-electron chi connectivity index (χ0n) is 29.1. The molecule has 1 aliphatic rings. The lowest BCUT2D eigenvalue weighted by atomic mass is 9.88. The van der Waals surface area contributed by atoms with Crippen molar-refractivity contribution in [1.82, 2.24) is 14.5 Å². The minimum atomic E-state index is -0.00109. The van der Waals surface area contributed by atoms with Gasteiger partial charge in [-0.2, -0.15) is 0 Å². The lowest BCUT2D eigenvalue weighted by molar-refractivity contribution is 0.483. The van der Waals surface area contributed by atoms with E-state index in [4.69, 9.17) is 19.1 Å². The minimum absolute atomic E-state index is 0.00109. The number of hydrogen-bond acceptors (Lipinski definition) is 6. The zero-order chi connectivity index (χ0) is 35.0. The molecule has 0 radical (unpaired) electrons. The van der Waals surface area contributed by atoms with Gasteiger partial charge in [-0.1, -0.05) is 75.4 Å². The largest absolute Gasteiger partial charge is 0.457 e. The Bertz CT molecular complexity index is 2830. The van der Waals surface area contributed by atoms with Crippen LogP contribution in [0.25, 0.3) is 49.6 Å². The molecule has 10 rings (SSSR count). The number of ether oxygens (including phenoxy) is 1. The van der Waals surface area contributed by atoms with E-state index in [-0.39, 0.29) is 5.41 Å². The summed E-state index contributed by atoms with van der Waals surface area (Å²) in [7, 11) is 0. The highest BCUT2D eigenvalue weighted by molar-refractivity contribution is 6.11. The van der Waals surface area contributed by atoms with Crippen molar-refractivity contribution in [3.8, 4) is 17.3 Å². The van der Waals surface area contributed by atoms with Crippen LogP contribution in [-0.2, 0) is 5.41 Å². The third-order valence-electron chi connectivity index (χ3n) is 10.1. The summed E-state index contributed by atoms with van der Waals surface area (Å²) in [6, 6.07) is 46.0. The highest BCUT2D eigenvalue weighted by Crippen LogP contribution is 2.46. The molecule has 0 saturated carbocycles. The van der Waals surface area contributed by atoms with Crippen molar-refractivity contribution in [2.45, 2.75) is 26.2 Å². The molecule has 1 aliphatic heterocycles. The van der Waals surface area contributed by atoms with E-state index in [0.717, 1.165) is 78.6 Å². The van der Waals surface area contributed by atoms with Crippen LogP contribution in [0, 0.1) is 0 Å². The van der Waals surface area contributed by atoms with Crippen molar-refractivity contribution in [1.29, 1.82) is 0 Å². The van der Waals surface area contributed by atoms with E-state index in [1.165, 1.54) is 10.9 Å². The Morgan fingerprint density at radius 1 is 0.596 bits per heavy atom. The number of aromatic nitrogens is 3. The monoisotopic (exact) mass is 677 g/mol. The molecule has 7 heteroatoms. The van der Waals surface area contributed by atoms with E-state index in [1.807, 2.05) is 48.8 Å². The Morgan fingerprint density at radius 3 is 2.27 bits per heavy atom. The first-order valence-corrected chi connectivity index (χ1v) is 17.6. The van der Waals surface area contributed by atoms with Gasteiger partial charge in [-0.3, -0.25) is 4.57 Å². The van der Waals surface area contributed by atoms with Gasteiger partial charge in [0.15, 0.2) is 11.4 Å². The molecule has 0 bridgehead atoms. The molecule has 5 heterocycles. The van der Waals surface area contributed by atoms with Gasteiger partial charge in [-0.05, 0) is 77.7 Å². The standard InChI is InChI=1S/C45H35N5O2/c1-45(2,3)29-22-24-46-42(25-29)50-37-16-6-4-13-33(37)34-21-20-32(27-40(34)50)51-31-12-8-11-30(26-31)48-28-49(39-18-10-23-47-44(39)48)38-17-9-15-36-35-14-5-7-19-41(35)52-43(36)38/h4-27H,28H2,1-3H3. The number of hydrogen-bond donors (Lipinski definition) is 0. The topological polar surface area (TPSA) is 59.6 Å². The number of furan rings is 1. The van der Waals surface area contributed by atoms with Crippen LogP contribution >= 0.6 is 0 Å². The number of pyridine rings is 2. The van der Waals surface area contributed by atoms with Gasteiger partial charge in [0.25, 0.3) is 0 Å². The summed E-state index contributed by atoms with van der Waals surface area (Å²) >= 11 is 0. The molecular formula is C45H35N5O2. The average Bonchev–Trinajstić information content (AvgIpc) is 3.84. The SMILES string of the molecule is CC(C)(C)c1ccnc(-n2c3ccccc3c3ccc(Oc4cccc(N5CN(c6cccc7c6oc6ccccc67)c6cccnc65)c4)cc32)c1. The van der Waals surface area contributed by atoms with Crippen molar-refractivity contribution < 1.29 is 9.15 Å². The zero-order valence-corrected chi connectivity index (χ0v) is 29.1. The molecule has 9 aromatic rings. The molecule has 0 aliphatic carbocycles. The molecule has 252 valence electrons. The molecule has 0 saturated heterocycles. The fourth-order valence-electron chi connectivity index (χ4n) is 7.57. The van der Waals surface area contributed by atoms with E-state index in [1.54, 1.807) is 0 Å². The highest BCUT2D eigenvalue weighted by atomic mass is 16.5. The summed E-state index contributed by atoms with van der Waals surface area (Å²) in [5, 5.41) is 4.54. The maximum Gasteiger partial charge on any atom is 0.159 e. The van der Waals surface area contributed by atoms with Gasteiger partial charge >= 0.3 is 0 Å². The molecule has 0 amide bonds. The summed E-state index contributed by atoms with van der Waals surface area (Å²) in [6.07, 6.45) is 3.75. The predicted molar refractivity (Wildman–Crippen MR) is 211 cm³/mol. The van der Waals surface area contributed by atoms with Crippen LogP contribution in [0.5, 0.6) is 11.5 Å². The Balaban J connectivity index is 1.02. The van der Waals surface area contributed by atoms with Gasteiger partial charge in [-0.25, -0.2) is 9.97 Å². The normalized spacial score (nSPS) is 13.1. The van der Waals surface area contributed by atoms with Crippen molar-refractivity contribution >= 4 is 66.6 Å². The molecule has 0 unspecified atom stereocenters. The quantitative estimate of drug-likeness (QED) is 0.181. The molecule has 4 aromatic heterocycles. The first-order valence-electron chi connectivity index (χ1n) is 17.6. The fourth-order valence-corrected chi connectivity index (χ4v) is 7.57. The molecule has 0 N–H and O–H groups in total. The summed E-state index contributed by atoms with van der Waals surface area (Å²) in [4.78, 5) is 14.2. The van der Waals surface area contributed by atoms with Crippen LogP contribution in [-0.4, -0.2) is 21.2 Å². The smallest absolute Gasteiger partial charge is 0.159 e. The van der Waals surface area contributed by atoms with Gasteiger partial charge < -0.3 is 19.0 Å². The number of anilines is 4. The van der Waals surface area contributed by atoms with Gasteiger partial charge in [0, 0.05) is 51.8 Å². The summed E-state index contributed by atoms with van der Waals surface area (Å²) in [5.41, 5.74) is 8.14. The van der Waals surface area contributed by atoms with E-state index in [0.29, 0.717) is 6.67 Å². The number of para-hydroxylation sites is 3. The van der Waals surface area contributed by atoms with E-state index >= 15 is 0 Å². The predicted octanol–water partition coefficient (Wildman–Crippen LogP) is 11.8. The second kappa shape index (κ2) is 11.5. The summed E-state index contributed by atoms with van der Waals surface area (Å²) in [6.45, 7) is 7.26. The van der Waals surface area contributed by atoms with Crippen LogP contribution < -0.4 is 14.5 Å². The molecule has 5 aromatic carbocycles. The second-order valence-corrected chi connectivity index (χ2v) is 14.4. The first-order chi connectivity index (χ1) is 25.4. The van der Waals surface area contributed by atoms with Gasteiger partial charge in [-0.15, -0.1) is 0 Å². The molecule has 52 heavy (non-hydrogen) atoms. The number of nitrogens with zero attached hydrogens (tertiary/aromatic N) is 5. The van der Waals surface area contributed by atoms with Crippen molar-refractivity contribution in [2.75, 3.05) is 16.5 Å². The van der Waals surface area contributed by atoms with Crippen LogP contribution in [0.3, 0.4) is 0 Å². The average molecular weight is 678 g/mol. The summed E-state index contributed by atoms with van der Waals surface area (Å²) < 4.78 is 15.3. The van der Waals surface area contributed by atoms with E-state index in [9.17, 15) is 0 Å². The van der Waals surface area contributed by atoms with Crippen LogP contribution in [0.15, 0.2) is 150 Å². The third-order valence-corrected chi connectivity index (χ3v) is 10.1. The van der Waals surface area contributed by atoms with Gasteiger partial charge in [0.1, 0.15) is 29.6 Å². The van der Waals surface area contributed by atoms with Crippen molar-refractivity contribution in [3.05, 3.63) is 151 Å². The van der Waals surface area contributed by atoms with Gasteiger partial charge in [0.05, 0.1) is 22.4 Å². The molecule has 0 atom stereocenters. The van der Waals surface area contributed by atoms with Crippen molar-refractivity contribution in [2.24, 2.45) is 0 Å². The minimum Gasteiger partial charge on any atom is -0.457 e. The molecule has 0 fully saturated rings. The van der Waals surface area contributed by atoms with Gasteiger partial charge in [0.2, 0.25) is 0 Å². The van der Waals surface area contributed by atoms with Crippen LogP contribution in [0.4, 0.5) is 22.9 Å². The third kappa shape index (κ3) is 4.81. The number of benzene rings is 5. The van der Waals surface area contributed by atoms with Crippen LogP contribution in [0.1, 0.15) is 26.3 Å². The highest BCUT2D eigenvalue weighted by Gasteiger charge is 2.31. The first kappa shape index (κ1) is 30.2. The Morgan fingerprint density at radius 2 is 1.37 bits per heavy atom. The Labute approximate surface area is 300 Å². The Kier molecular flexibility index (Phi) is 6.67. The fraction of sp³-hybridized carbons (Fsp3) is 0.111.